The van der Waals surface area contributed by atoms with Gasteiger partial charge in [-0.05, 0) is 26.8 Å². The number of para-hydroxylation sites is 1. The monoisotopic (exact) mass is 386 g/mol. The van der Waals surface area contributed by atoms with Gasteiger partial charge in [-0.2, -0.15) is 10.1 Å². The number of carbonyl (C=O) groups is 1. The van der Waals surface area contributed by atoms with Gasteiger partial charge in [-0.25, -0.2) is 10.4 Å². The Balaban J connectivity index is 1.95. The second-order valence-corrected chi connectivity index (χ2v) is 5.72. The van der Waals surface area contributed by atoms with Crippen LogP contribution in [0.2, 0.25) is 0 Å². The number of amides is 1. The molecule has 1 N–H and O–H groups in total. The van der Waals surface area contributed by atoms with Crippen LogP contribution in [-0.4, -0.2) is 46.7 Å². The highest BCUT2D eigenvalue weighted by atomic mass is 16.6. The van der Waals surface area contributed by atoms with Crippen LogP contribution in [0.5, 0.6) is 5.88 Å². The number of aryl methyl sites for hydroxylation is 1. The standard InChI is InChI=1S/C18H22N6O4/c1-4-23(5-2)18-20-13(3)10-17(21-18)28-12-16(25)22-19-11-14-8-6-7-9-15(14)24(26)27/h6-11H,4-5,12H2,1-3H3,(H,22,25). The smallest absolute Gasteiger partial charge is 0.278 e. The fourth-order valence-corrected chi connectivity index (χ4v) is 2.35. The lowest BCUT2D eigenvalue weighted by molar-refractivity contribution is -0.385. The maximum Gasteiger partial charge on any atom is 0.278 e. The molecule has 148 valence electrons. The predicted octanol–water partition coefficient (Wildman–Crippen LogP) is 2.07. The number of rotatable bonds is 9. The molecule has 1 aromatic carbocycles. The van der Waals surface area contributed by atoms with Crippen molar-refractivity contribution in [2.75, 3.05) is 24.6 Å². The topological polar surface area (TPSA) is 123 Å². The number of aromatic nitrogens is 2. The van der Waals surface area contributed by atoms with Crippen molar-refractivity contribution in [1.29, 1.82) is 0 Å². The Morgan fingerprint density at radius 2 is 2.04 bits per heavy atom. The molecule has 1 amide bonds. The molecule has 10 nitrogen and oxygen atoms in total. The third-order valence-corrected chi connectivity index (χ3v) is 3.74. The van der Waals surface area contributed by atoms with Gasteiger partial charge in [-0.1, -0.05) is 12.1 Å². The zero-order chi connectivity index (χ0) is 20.5. The number of nitro benzene ring substituents is 1. The predicted molar refractivity (Wildman–Crippen MR) is 105 cm³/mol. The van der Waals surface area contributed by atoms with Gasteiger partial charge in [-0.15, -0.1) is 0 Å². The van der Waals surface area contributed by atoms with E-state index in [2.05, 4.69) is 20.5 Å². The lowest BCUT2D eigenvalue weighted by Crippen LogP contribution is -2.26. The van der Waals surface area contributed by atoms with Crippen molar-refractivity contribution in [3.63, 3.8) is 0 Å². The molecular weight excluding hydrogens is 364 g/mol. The molecule has 28 heavy (non-hydrogen) atoms. The molecular formula is C18H22N6O4. The van der Waals surface area contributed by atoms with Crippen molar-refractivity contribution in [3.05, 3.63) is 51.7 Å². The summed E-state index contributed by atoms with van der Waals surface area (Å²) >= 11 is 0. The van der Waals surface area contributed by atoms with Crippen molar-refractivity contribution >= 4 is 23.8 Å². The summed E-state index contributed by atoms with van der Waals surface area (Å²) in [6.07, 6.45) is 1.21. The summed E-state index contributed by atoms with van der Waals surface area (Å²) in [4.78, 5) is 33.0. The molecule has 0 radical (unpaired) electrons. The number of hydrogen-bond donors (Lipinski definition) is 1. The number of carbonyl (C=O) groups excluding carboxylic acids is 1. The van der Waals surface area contributed by atoms with Crippen molar-refractivity contribution in [3.8, 4) is 5.88 Å². The van der Waals surface area contributed by atoms with Gasteiger partial charge in [0.1, 0.15) is 0 Å². The van der Waals surface area contributed by atoms with E-state index in [1.165, 1.54) is 18.3 Å². The maximum atomic E-state index is 11.9. The van der Waals surface area contributed by atoms with Gasteiger partial charge < -0.3 is 9.64 Å². The van der Waals surface area contributed by atoms with E-state index < -0.39 is 10.8 Å². The van der Waals surface area contributed by atoms with Crippen molar-refractivity contribution in [2.45, 2.75) is 20.8 Å². The number of hydrogen-bond acceptors (Lipinski definition) is 8. The minimum Gasteiger partial charge on any atom is -0.467 e. The molecule has 0 saturated carbocycles. The molecule has 2 aromatic rings. The minimum absolute atomic E-state index is 0.0999. The Kier molecular flexibility index (Phi) is 7.37. The van der Waals surface area contributed by atoms with E-state index >= 15 is 0 Å². The molecule has 0 unspecified atom stereocenters. The Labute approximate surface area is 162 Å². The van der Waals surface area contributed by atoms with Gasteiger partial charge in [0.05, 0.1) is 16.7 Å². The van der Waals surface area contributed by atoms with E-state index in [4.69, 9.17) is 4.74 Å². The van der Waals surface area contributed by atoms with Crippen molar-refractivity contribution in [1.82, 2.24) is 15.4 Å². The van der Waals surface area contributed by atoms with E-state index in [0.29, 0.717) is 5.95 Å². The van der Waals surface area contributed by atoms with Crippen LogP contribution in [0.3, 0.4) is 0 Å². The van der Waals surface area contributed by atoms with Crippen LogP contribution in [0.4, 0.5) is 11.6 Å². The third kappa shape index (κ3) is 5.73. The van der Waals surface area contributed by atoms with Gasteiger partial charge in [0.2, 0.25) is 11.8 Å². The summed E-state index contributed by atoms with van der Waals surface area (Å²) in [6, 6.07) is 7.72. The summed E-state index contributed by atoms with van der Waals surface area (Å²) in [5.41, 5.74) is 3.18. The molecule has 0 fully saturated rings. The molecule has 2 rings (SSSR count). The second kappa shape index (κ2) is 9.95. The second-order valence-electron chi connectivity index (χ2n) is 5.72. The molecule has 1 aromatic heterocycles. The zero-order valence-corrected chi connectivity index (χ0v) is 16.0. The summed E-state index contributed by atoms with van der Waals surface area (Å²) in [5.74, 6) is 0.303. The fraction of sp³-hybridized carbons (Fsp3) is 0.333. The highest BCUT2D eigenvalue weighted by molar-refractivity contribution is 5.86. The summed E-state index contributed by atoms with van der Waals surface area (Å²) in [6.45, 7) is 7.01. The average molecular weight is 386 g/mol. The maximum absolute atomic E-state index is 11.9. The number of benzene rings is 1. The third-order valence-electron chi connectivity index (χ3n) is 3.74. The SMILES string of the molecule is CCN(CC)c1nc(C)cc(OCC(=O)NN=Cc2ccccc2[N+](=O)[O-])n1. The molecule has 0 bridgehead atoms. The van der Waals surface area contributed by atoms with E-state index in [9.17, 15) is 14.9 Å². The van der Waals surface area contributed by atoms with Crippen LogP contribution in [0, 0.1) is 17.0 Å². The zero-order valence-electron chi connectivity index (χ0n) is 16.0. The Hall–Kier alpha value is -3.56. The van der Waals surface area contributed by atoms with Gasteiger partial charge >= 0.3 is 0 Å². The van der Waals surface area contributed by atoms with Crippen molar-refractivity contribution in [2.24, 2.45) is 5.10 Å². The number of hydrazone groups is 1. The Morgan fingerprint density at radius 3 is 2.71 bits per heavy atom. The first-order valence-corrected chi connectivity index (χ1v) is 8.73. The molecule has 0 aliphatic carbocycles. The first kappa shape index (κ1) is 20.7. The van der Waals surface area contributed by atoms with Gasteiger partial charge in [0.25, 0.3) is 11.6 Å². The van der Waals surface area contributed by atoms with Crippen LogP contribution in [0.1, 0.15) is 25.1 Å². The van der Waals surface area contributed by atoms with E-state index in [0.717, 1.165) is 18.8 Å². The molecule has 1 heterocycles. The normalized spacial score (nSPS) is 10.7. The van der Waals surface area contributed by atoms with Gasteiger partial charge in [0.15, 0.2) is 6.61 Å². The lowest BCUT2D eigenvalue weighted by atomic mass is 10.2. The van der Waals surface area contributed by atoms with Crippen LogP contribution in [-0.2, 0) is 4.79 Å². The minimum atomic E-state index is -0.518. The molecule has 10 heteroatoms. The lowest BCUT2D eigenvalue weighted by Gasteiger charge is -2.19. The highest BCUT2D eigenvalue weighted by Crippen LogP contribution is 2.16. The number of nitrogens with one attached hydrogen (secondary N) is 1. The number of anilines is 1. The van der Waals surface area contributed by atoms with Gasteiger partial charge in [0, 0.05) is 30.9 Å². The van der Waals surface area contributed by atoms with E-state index in [1.54, 1.807) is 18.2 Å². The van der Waals surface area contributed by atoms with Gasteiger partial charge in [-0.3, -0.25) is 14.9 Å². The quantitative estimate of drug-likeness (QED) is 0.397. The highest BCUT2D eigenvalue weighted by Gasteiger charge is 2.11. The fourth-order valence-electron chi connectivity index (χ4n) is 2.35. The van der Waals surface area contributed by atoms with Crippen LogP contribution < -0.4 is 15.1 Å². The van der Waals surface area contributed by atoms with Crippen LogP contribution in [0.15, 0.2) is 35.4 Å². The number of ether oxygens (including phenoxy) is 1. The Bertz CT molecular complexity index is 867. The molecule has 0 aliphatic rings. The largest absolute Gasteiger partial charge is 0.467 e. The molecule has 0 spiro atoms. The molecule has 0 atom stereocenters. The summed E-state index contributed by atoms with van der Waals surface area (Å²) in [7, 11) is 0. The molecule has 0 aliphatic heterocycles. The van der Waals surface area contributed by atoms with Crippen molar-refractivity contribution < 1.29 is 14.5 Å². The van der Waals surface area contributed by atoms with Crippen LogP contribution >= 0.6 is 0 Å². The van der Waals surface area contributed by atoms with E-state index in [-0.39, 0.29) is 23.7 Å². The summed E-state index contributed by atoms with van der Waals surface area (Å²) in [5, 5.41) is 14.7. The summed E-state index contributed by atoms with van der Waals surface area (Å²) < 4.78 is 5.42. The molecule has 0 saturated heterocycles. The average Bonchev–Trinajstić information content (AvgIpc) is 2.67. The van der Waals surface area contributed by atoms with Crippen LogP contribution in [0.25, 0.3) is 0 Å². The number of nitro groups is 1. The number of nitrogens with zero attached hydrogens (tertiary/aromatic N) is 5. The Morgan fingerprint density at radius 1 is 1.32 bits per heavy atom. The first-order chi connectivity index (χ1) is 13.4. The van der Waals surface area contributed by atoms with E-state index in [1.807, 2.05) is 25.7 Å². The first-order valence-electron chi connectivity index (χ1n) is 8.73.